The van der Waals surface area contributed by atoms with Crippen LogP contribution in [0.3, 0.4) is 0 Å². The predicted octanol–water partition coefficient (Wildman–Crippen LogP) is 11.5. The van der Waals surface area contributed by atoms with Crippen LogP contribution in [0.25, 0.3) is 67.0 Å². The van der Waals surface area contributed by atoms with E-state index in [0.29, 0.717) is 5.82 Å². The van der Waals surface area contributed by atoms with Gasteiger partial charge in [0.25, 0.3) is 0 Å². The van der Waals surface area contributed by atoms with E-state index in [-0.39, 0.29) is 5.41 Å². The monoisotopic (exact) mass is 606 g/mol. The van der Waals surface area contributed by atoms with E-state index in [0.717, 1.165) is 83.8 Å². The molecule has 1 aliphatic rings. The van der Waals surface area contributed by atoms with Crippen LogP contribution in [0.1, 0.15) is 25.0 Å². The van der Waals surface area contributed by atoms with Crippen LogP contribution in [-0.4, -0.2) is 9.97 Å². The van der Waals surface area contributed by atoms with Gasteiger partial charge in [0.05, 0.1) is 11.4 Å². The van der Waals surface area contributed by atoms with Crippen molar-refractivity contribution in [3.05, 3.63) is 157 Å². The quantitative estimate of drug-likeness (QED) is 0.200. The minimum absolute atomic E-state index is 0.283. The van der Waals surface area contributed by atoms with Crippen LogP contribution in [0.5, 0.6) is 11.5 Å². The topological polar surface area (TPSA) is 48.2 Å². The Morgan fingerprint density at radius 3 is 1.85 bits per heavy atom. The molecule has 2 aromatic heterocycles. The maximum Gasteiger partial charge on any atom is 0.178 e. The zero-order valence-corrected chi connectivity index (χ0v) is 26.1. The van der Waals surface area contributed by atoms with Gasteiger partial charge in [-0.3, -0.25) is 0 Å². The molecule has 0 radical (unpaired) electrons. The van der Waals surface area contributed by atoms with Gasteiger partial charge in [-0.25, -0.2) is 9.97 Å². The Morgan fingerprint density at radius 2 is 1.11 bits per heavy atom. The molecule has 4 heteroatoms. The van der Waals surface area contributed by atoms with E-state index >= 15 is 0 Å². The van der Waals surface area contributed by atoms with Crippen molar-refractivity contribution in [2.24, 2.45) is 0 Å². The lowest BCUT2D eigenvalue weighted by atomic mass is 9.75. The van der Waals surface area contributed by atoms with Crippen molar-refractivity contribution in [3.8, 4) is 56.5 Å². The molecule has 0 saturated carbocycles. The van der Waals surface area contributed by atoms with Crippen LogP contribution in [0.4, 0.5) is 0 Å². The number of para-hydroxylation sites is 1. The van der Waals surface area contributed by atoms with Crippen molar-refractivity contribution >= 4 is 21.9 Å². The van der Waals surface area contributed by atoms with E-state index in [4.69, 9.17) is 19.1 Å². The molecule has 0 unspecified atom stereocenters. The molecule has 0 spiro atoms. The van der Waals surface area contributed by atoms with Crippen LogP contribution in [0.2, 0.25) is 0 Å². The standard InChI is InChI=1S/C43H30N2O2/c1-43(2)34-23-22-33-32-15-9-10-16-38(32)46-40(33)41(34)47-39-24-21-31(25-35(39)43)27-17-19-29(20-18-27)37-26-36(28-11-5-3-6-12-28)44-42(45-37)30-13-7-4-8-14-30/h3-26H,1-2H3. The molecule has 0 fully saturated rings. The van der Waals surface area contributed by atoms with E-state index in [2.05, 4.69) is 105 Å². The molecule has 6 aromatic carbocycles. The maximum absolute atomic E-state index is 6.61. The third-order valence-electron chi connectivity index (χ3n) is 9.38. The Morgan fingerprint density at radius 1 is 0.489 bits per heavy atom. The Labute approximate surface area is 273 Å². The Hall–Kier alpha value is -6.00. The molecule has 0 N–H and O–H groups in total. The van der Waals surface area contributed by atoms with E-state index in [1.807, 2.05) is 54.6 Å². The molecule has 0 atom stereocenters. The highest BCUT2D eigenvalue weighted by Crippen LogP contribution is 2.52. The molecule has 9 rings (SSSR count). The summed E-state index contributed by atoms with van der Waals surface area (Å²) >= 11 is 0. The minimum Gasteiger partial charge on any atom is -0.453 e. The first-order valence-electron chi connectivity index (χ1n) is 15.9. The lowest BCUT2D eigenvalue weighted by Crippen LogP contribution is -2.24. The number of rotatable bonds is 4. The lowest BCUT2D eigenvalue weighted by Gasteiger charge is -2.34. The normalized spacial score (nSPS) is 13.2. The molecule has 8 aromatic rings. The van der Waals surface area contributed by atoms with E-state index in [1.165, 1.54) is 0 Å². The van der Waals surface area contributed by atoms with Crippen LogP contribution in [0.15, 0.2) is 150 Å². The fourth-order valence-corrected chi connectivity index (χ4v) is 6.80. The van der Waals surface area contributed by atoms with Crippen LogP contribution >= 0.6 is 0 Å². The SMILES string of the molecule is CC1(C)c2cc(-c3ccc(-c4cc(-c5ccccc5)nc(-c5ccccc5)n4)cc3)ccc2Oc2c1ccc1c2oc2ccccc21. The highest BCUT2D eigenvalue weighted by molar-refractivity contribution is 6.07. The second kappa shape index (κ2) is 10.5. The average Bonchev–Trinajstić information content (AvgIpc) is 3.52. The number of fused-ring (bicyclic) bond motifs is 6. The zero-order valence-electron chi connectivity index (χ0n) is 26.1. The number of benzene rings is 6. The van der Waals surface area contributed by atoms with Gasteiger partial charge in [-0.1, -0.05) is 129 Å². The zero-order chi connectivity index (χ0) is 31.5. The molecular weight excluding hydrogens is 576 g/mol. The number of hydrogen-bond donors (Lipinski definition) is 0. The van der Waals surface area contributed by atoms with Gasteiger partial charge in [0.1, 0.15) is 11.3 Å². The number of aromatic nitrogens is 2. The van der Waals surface area contributed by atoms with Gasteiger partial charge in [0.15, 0.2) is 17.2 Å². The van der Waals surface area contributed by atoms with Crippen molar-refractivity contribution in [1.82, 2.24) is 9.97 Å². The van der Waals surface area contributed by atoms with Crippen LogP contribution < -0.4 is 4.74 Å². The highest BCUT2D eigenvalue weighted by atomic mass is 16.5. The van der Waals surface area contributed by atoms with Crippen molar-refractivity contribution < 1.29 is 9.15 Å². The summed E-state index contributed by atoms with van der Waals surface area (Å²) in [7, 11) is 0. The minimum atomic E-state index is -0.283. The first kappa shape index (κ1) is 27.3. The second-order valence-electron chi connectivity index (χ2n) is 12.6. The van der Waals surface area contributed by atoms with E-state index in [1.54, 1.807) is 0 Å². The molecule has 0 bridgehead atoms. The van der Waals surface area contributed by atoms with Crippen molar-refractivity contribution in [3.63, 3.8) is 0 Å². The third-order valence-corrected chi connectivity index (χ3v) is 9.38. The summed E-state index contributed by atoms with van der Waals surface area (Å²) in [6, 6.07) is 50.2. The molecule has 0 amide bonds. The average molecular weight is 607 g/mol. The Balaban J connectivity index is 1.08. The summed E-state index contributed by atoms with van der Waals surface area (Å²) < 4.78 is 12.9. The number of nitrogens with zero attached hydrogens (tertiary/aromatic N) is 2. The summed E-state index contributed by atoms with van der Waals surface area (Å²) in [6.45, 7) is 4.52. The first-order valence-corrected chi connectivity index (χ1v) is 15.9. The summed E-state index contributed by atoms with van der Waals surface area (Å²) in [5.41, 5.74) is 10.8. The first-order chi connectivity index (χ1) is 23.0. The van der Waals surface area contributed by atoms with Gasteiger partial charge >= 0.3 is 0 Å². The smallest absolute Gasteiger partial charge is 0.178 e. The molecule has 1 aliphatic heterocycles. The molecular formula is C43H30N2O2. The van der Waals surface area contributed by atoms with E-state index < -0.39 is 0 Å². The van der Waals surface area contributed by atoms with E-state index in [9.17, 15) is 0 Å². The fourth-order valence-electron chi connectivity index (χ4n) is 6.80. The molecule has 0 aliphatic carbocycles. The van der Waals surface area contributed by atoms with Gasteiger partial charge in [0.2, 0.25) is 0 Å². The number of ether oxygens (including phenoxy) is 1. The van der Waals surface area contributed by atoms with Gasteiger partial charge in [-0.05, 0) is 41.5 Å². The number of furan rings is 1. The van der Waals surface area contributed by atoms with Crippen molar-refractivity contribution in [1.29, 1.82) is 0 Å². The Bertz CT molecular complexity index is 2390. The molecule has 4 nitrogen and oxygen atoms in total. The summed E-state index contributed by atoms with van der Waals surface area (Å²) in [4.78, 5) is 9.93. The largest absolute Gasteiger partial charge is 0.453 e. The van der Waals surface area contributed by atoms with Crippen molar-refractivity contribution in [2.75, 3.05) is 0 Å². The third kappa shape index (κ3) is 4.52. The molecule has 224 valence electrons. The van der Waals surface area contributed by atoms with Gasteiger partial charge < -0.3 is 9.15 Å². The fraction of sp³-hybridized carbons (Fsp3) is 0.0698. The lowest BCUT2D eigenvalue weighted by molar-refractivity contribution is 0.415. The number of hydrogen-bond acceptors (Lipinski definition) is 4. The summed E-state index contributed by atoms with van der Waals surface area (Å²) in [5.74, 6) is 2.38. The van der Waals surface area contributed by atoms with Crippen LogP contribution in [-0.2, 0) is 5.41 Å². The Kier molecular flexibility index (Phi) is 6.12. The predicted molar refractivity (Wildman–Crippen MR) is 190 cm³/mol. The molecule has 0 saturated heterocycles. The van der Waals surface area contributed by atoms with Gasteiger partial charge in [-0.15, -0.1) is 0 Å². The summed E-state index contributed by atoms with van der Waals surface area (Å²) in [5, 5.41) is 2.18. The highest BCUT2D eigenvalue weighted by Gasteiger charge is 2.36. The van der Waals surface area contributed by atoms with Gasteiger partial charge in [0, 0.05) is 44.0 Å². The van der Waals surface area contributed by atoms with Crippen LogP contribution in [0, 0.1) is 0 Å². The molecule has 47 heavy (non-hydrogen) atoms. The maximum atomic E-state index is 6.61. The summed E-state index contributed by atoms with van der Waals surface area (Å²) in [6.07, 6.45) is 0. The van der Waals surface area contributed by atoms with Crippen molar-refractivity contribution in [2.45, 2.75) is 19.3 Å². The second-order valence-corrected chi connectivity index (χ2v) is 12.6. The van der Waals surface area contributed by atoms with Gasteiger partial charge in [-0.2, -0.15) is 0 Å². The molecule has 3 heterocycles.